The summed E-state index contributed by atoms with van der Waals surface area (Å²) in [5, 5.41) is 25.0. The van der Waals surface area contributed by atoms with Crippen LogP contribution in [0.3, 0.4) is 0 Å². The summed E-state index contributed by atoms with van der Waals surface area (Å²) in [5.41, 5.74) is 5.35. The third kappa shape index (κ3) is 6.20. The fraction of sp³-hybridized carbons (Fsp3) is 0.226. The number of aromatic hydroxyl groups is 2. The molecule has 0 aliphatic carbocycles. The van der Waals surface area contributed by atoms with Crippen molar-refractivity contribution in [3.8, 4) is 33.8 Å². The quantitative estimate of drug-likeness (QED) is 0.152. The third-order valence-electron chi connectivity index (χ3n) is 6.91. The lowest BCUT2D eigenvalue weighted by molar-refractivity contribution is 0.474. The molecule has 3 N–H and O–H groups in total. The Bertz CT molecular complexity index is 1910. The molecule has 0 spiro atoms. The highest BCUT2D eigenvalue weighted by Crippen LogP contribution is 2.39. The monoisotopic (exact) mass is 725 g/mol. The standard InChI is InChI=1S/C16H17BrN4O.C15H13BrClN3O/c1-9(2)21-7-13(10-4-11(17)6-12(22)5-10)14-15(18-3)19-8-20-16(14)21;1-8(2)20-6-12(9-3-10(16)5-11(21)4-9)13-14(17)18-7-19-15(13)20/h4-9,22H,1-3H3,(H,18,19,20);3-8,21H,1-2H3. The highest BCUT2D eigenvalue weighted by Gasteiger charge is 2.19. The van der Waals surface area contributed by atoms with Crippen LogP contribution in [0.4, 0.5) is 5.82 Å². The number of halogens is 3. The second-order valence-electron chi connectivity index (χ2n) is 10.5. The van der Waals surface area contributed by atoms with Gasteiger partial charge in [-0.2, -0.15) is 0 Å². The van der Waals surface area contributed by atoms with Gasteiger partial charge in [0.2, 0.25) is 0 Å². The van der Waals surface area contributed by atoms with Crippen LogP contribution in [0.1, 0.15) is 39.8 Å². The van der Waals surface area contributed by atoms with Crippen LogP contribution in [-0.2, 0) is 0 Å². The highest BCUT2D eigenvalue weighted by atomic mass is 79.9. The van der Waals surface area contributed by atoms with Crippen LogP contribution in [0.2, 0.25) is 5.15 Å². The topological polar surface area (TPSA) is 114 Å². The van der Waals surface area contributed by atoms with Gasteiger partial charge in [0.1, 0.15) is 46.4 Å². The Kier molecular flexibility index (Phi) is 8.96. The van der Waals surface area contributed by atoms with Crippen molar-refractivity contribution < 1.29 is 10.2 Å². The van der Waals surface area contributed by atoms with Crippen molar-refractivity contribution in [1.29, 1.82) is 0 Å². The number of nitrogens with one attached hydrogen (secondary N) is 1. The summed E-state index contributed by atoms with van der Waals surface area (Å²) in [5.74, 6) is 1.19. The van der Waals surface area contributed by atoms with Crippen molar-refractivity contribution in [2.45, 2.75) is 39.8 Å². The molecule has 6 rings (SSSR count). The van der Waals surface area contributed by atoms with Crippen molar-refractivity contribution in [1.82, 2.24) is 29.1 Å². The first kappa shape index (κ1) is 30.8. The molecule has 0 radical (unpaired) electrons. The zero-order chi connectivity index (χ0) is 31.0. The number of phenols is 2. The summed E-state index contributed by atoms with van der Waals surface area (Å²) >= 11 is 13.1. The maximum absolute atomic E-state index is 9.89. The molecule has 12 heteroatoms. The van der Waals surface area contributed by atoms with E-state index in [1.54, 1.807) is 30.6 Å². The largest absolute Gasteiger partial charge is 0.508 e. The molecule has 0 fully saturated rings. The smallest absolute Gasteiger partial charge is 0.146 e. The lowest BCUT2D eigenvalue weighted by atomic mass is 10.1. The van der Waals surface area contributed by atoms with Gasteiger partial charge in [-0.05, 0) is 75.2 Å². The van der Waals surface area contributed by atoms with Crippen molar-refractivity contribution in [2.75, 3.05) is 12.4 Å². The third-order valence-corrected chi connectivity index (χ3v) is 8.11. The predicted molar refractivity (Wildman–Crippen MR) is 180 cm³/mol. The molecule has 43 heavy (non-hydrogen) atoms. The molecule has 9 nitrogen and oxygen atoms in total. The summed E-state index contributed by atoms with van der Waals surface area (Å²) in [4.78, 5) is 17.2. The second kappa shape index (κ2) is 12.5. The Hall–Kier alpha value is -3.67. The van der Waals surface area contributed by atoms with Crippen molar-refractivity contribution in [2.24, 2.45) is 0 Å². The molecule has 0 atom stereocenters. The Morgan fingerprint density at radius 1 is 0.698 bits per heavy atom. The normalized spacial score (nSPS) is 11.4. The summed E-state index contributed by atoms with van der Waals surface area (Å²) in [6, 6.07) is 11.2. The molecule has 0 aliphatic rings. The predicted octanol–water partition coefficient (Wildman–Crippen LogP) is 8.99. The highest BCUT2D eigenvalue weighted by molar-refractivity contribution is 9.10. The number of aromatic nitrogens is 6. The van der Waals surface area contributed by atoms with E-state index in [0.717, 1.165) is 59.1 Å². The van der Waals surface area contributed by atoms with E-state index >= 15 is 0 Å². The second-order valence-corrected chi connectivity index (χ2v) is 12.7. The van der Waals surface area contributed by atoms with Crippen LogP contribution in [-0.4, -0.2) is 46.3 Å². The van der Waals surface area contributed by atoms with E-state index in [0.29, 0.717) is 5.15 Å². The molecule has 0 unspecified atom stereocenters. The van der Waals surface area contributed by atoms with Crippen molar-refractivity contribution in [3.63, 3.8) is 0 Å². The van der Waals surface area contributed by atoms with Crippen LogP contribution in [0.15, 0.2) is 70.4 Å². The number of phenolic OH excluding ortho intramolecular Hbond substituents is 2. The van der Waals surface area contributed by atoms with Gasteiger partial charge in [0, 0.05) is 51.6 Å². The number of benzene rings is 2. The zero-order valence-corrected chi connectivity index (χ0v) is 28.1. The van der Waals surface area contributed by atoms with E-state index in [1.807, 2.05) is 25.4 Å². The molecule has 4 aromatic heterocycles. The molecule has 0 saturated carbocycles. The molecule has 6 aromatic rings. The molecule has 0 amide bonds. The van der Waals surface area contributed by atoms with E-state index in [1.165, 1.54) is 6.33 Å². The number of anilines is 1. The van der Waals surface area contributed by atoms with Crippen molar-refractivity contribution >= 4 is 71.3 Å². The van der Waals surface area contributed by atoms with Gasteiger partial charge in [0.05, 0.1) is 10.8 Å². The first-order valence-electron chi connectivity index (χ1n) is 13.5. The van der Waals surface area contributed by atoms with E-state index in [-0.39, 0.29) is 23.6 Å². The molecule has 222 valence electrons. The van der Waals surface area contributed by atoms with Crippen molar-refractivity contribution in [3.05, 3.63) is 75.5 Å². The molecule has 0 bridgehead atoms. The summed E-state index contributed by atoms with van der Waals surface area (Å²) < 4.78 is 5.80. The zero-order valence-electron chi connectivity index (χ0n) is 24.1. The molecule has 2 aromatic carbocycles. The van der Waals surface area contributed by atoms with Crippen LogP contribution >= 0.6 is 43.5 Å². The minimum Gasteiger partial charge on any atom is -0.508 e. The minimum atomic E-state index is 0.192. The summed E-state index contributed by atoms with van der Waals surface area (Å²) in [6.07, 6.45) is 7.09. The molecular formula is C31H30Br2ClN7O2. The number of fused-ring (bicyclic) bond motifs is 2. The average Bonchev–Trinajstić information content (AvgIpc) is 3.53. The fourth-order valence-corrected chi connectivity index (χ4v) is 6.20. The van der Waals surface area contributed by atoms with Crippen LogP contribution in [0.25, 0.3) is 44.3 Å². The van der Waals surface area contributed by atoms with Crippen LogP contribution in [0.5, 0.6) is 11.5 Å². The Labute approximate surface area is 270 Å². The Morgan fingerprint density at radius 3 is 1.63 bits per heavy atom. The lowest BCUT2D eigenvalue weighted by Crippen LogP contribution is -2.01. The maximum Gasteiger partial charge on any atom is 0.146 e. The number of hydrogen-bond acceptors (Lipinski definition) is 7. The minimum absolute atomic E-state index is 0.192. The van der Waals surface area contributed by atoms with Gasteiger partial charge in [0.15, 0.2) is 0 Å². The van der Waals surface area contributed by atoms with E-state index in [9.17, 15) is 10.2 Å². The SMILES string of the molecule is CC(C)n1cc(-c2cc(O)cc(Br)c2)c2c(Cl)ncnc21.CNc1ncnc2c1c(-c1cc(O)cc(Br)c1)cn2C(C)C. The number of rotatable bonds is 5. The van der Waals surface area contributed by atoms with Gasteiger partial charge < -0.3 is 24.7 Å². The average molecular weight is 728 g/mol. The molecule has 0 aliphatic heterocycles. The maximum atomic E-state index is 9.89. The van der Waals surface area contributed by atoms with Gasteiger partial charge in [-0.15, -0.1) is 0 Å². The Morgan fingerprint density at radius 2 is 1.16 bits per heavy atom. The van der Waals surface area contributed by atoms with Gasteiger partial charge >= 0.3 is 0 Å². The van der Waals surface area contributed by atoms with E-state index < -0.39 is 0 Å². The van der Waals surface area contributed by atoms with E-state index in [2.05, 4.69) is 100 Å². The number of nitrogens with zero attached hydrogens (tertiary/aromatic N) is 6. The van der Waals surface area contributed by atoms with Crippen LogP contribution < -0.4 is 5.32 Å². The molecule has 4 heterocycles. The van der Waals surface area contributed by atoms with Gasteiger partial charge in [-0.3, -0.25) is 0 Å². The van der Waals surface area contributed by atoms with Gasteiger partial charge in [-0.1, -0.05) is 43.5 Å². The fourth-order valence-electron chi connectivity index (χ4n) is 5.01. The summed E-state index contributed by atoms with van der Waals surface area (Å²) in [6.45, 7) is 8.39. The molecular weight excluding hydrogens is 698 g/mol. The van der Waals surface area contributed by atoms with Gasteiger partial charge in [0.25, 0.3) is 0 Å². The first-order chi connectivity index (χ1) is 20.5. The first-order valence-corrected chi connectivity index (χ1v) is 15.5. The molecule has 0 saturated heterocycles. The lowest BCUT2D eigenvalue weighted by Gasteiger charge is -2.08. The van der Waals surface area contributed by atoms with Crippen LogP contribution in [0, 0.1) is 0 Å². The van der Waals surface area contributed by atoms with Gasteiger partial charge in [-0.25, -0.2) is 19.9 Å². The summed E-state index contributed by atoms with van der Waals surface area (Å²) in [7, 11) is 1.84. The van der Waals surface area contributed by atoms with E-state index in [4.69, 9.17) is 11.6 Å². The Balaban J connectivity index is 0.000000171. The number of hydrogen-bond donors (Lipinski definition) is 3.